The maximum absolute atomic E-state index is 12.6. The van der Waals surface area contributed by atoms with Crippen molar-refractivity contribution in [3.8, 4) is 0 Å². The SMILES string of the molecule is CCCn1cc(C(=O)N2CCCC2)c2cccnc21. The van der Waals surface area contributed by atoms with Crippen LogP contribution in [0.25, 0.3) is 11.0 Å². The lowest BCUT2D eigenvalue weighted by atomic mass is 10.2. The molecule has 1 saturated heterocycles. The Labute approximate surface area is 113 Å². The Hall–Kier alpha value is -1.84. The van der Waals surface area contributed by atoms with Crippen LogP contribution in [-0.2, 0) is 6.54 Å². The van der Waals surface area contributed by atoms with Crippen LogP contribution in [0.2, 0.25) is 0 Å². The lowest BCUT2D eigenvalue weighted by Crippen LogP contribution is -2.27. The van der Waals surface area contributed by atoms with E-state index in [1.54, 1.807) is 6.20 Å². The Morgan fingerprint density at radius 3 is 2.89 bits per heavy atom. The van der Waals surface area contributed by atoms with Gasteiger partial charge in [0.2, 0.25) is 0 Å². The van der Waals surface area contributed by atoms with Crippen LogP contribution in [0.1, 0.15) is 36.5 Å². The zero-order valence-electron chi connectivity index (χ0n) is 11.3. The summed E-state index contributed by atoms with van der Waals surface area (Å²) in [6, 6.07) is 3.90. The van der Waals surface area contributed by atoms with E-state index in [2.05, 4.69) is 16.5 Å². The van der Waals surface area contributed by atoms with Crippen molar-refractivity contribution in [3.63, 3.8) is 0 Å². The molecule has 0 bridgehead atoms. The predicted octanol–water partition coefficient (Wildman–Crippen LogP) is 2.68. The second kappa shape index (κ2) is 5.03. The summed E-state index contributed by atoms with van der Waals surface area (Å²) in [4.78, 5) is 18.9. The third-order valence-electron chi connectivity index (χ3n) is 3.72. The molecular formula is C15H19N3O. The van der Waals surface area contributed by atoms with Crippen molar-refractivity contribution in [2.45, 2.75) is 32.7 Å². The molecule has 2 aromatic heterocycles. The third-order valence-corrected chi connectivity index (χ3v) is 3.72. The van der Waals surface area contributed by atoms with E-state index in [0.717, 1.165) is 55.5 Å². The maximum atomic E-state index is 12.6. The number of fused-ring (bicyclic) bond motifs is 1. The fraction of sp³-hybridized carbons (Fsp3) is 0.467. The molecule has 3 heterocycles. The molecule has 0 unspecified atom stereocenters. The normalized spacial score (nSPS) is 15.3. The molecule has 19 heavy (non-hydrogen) atoms. The average Bonchev–Trinajstić information content (AvgIpc) is 3.07. The lowest BCUT2D eigenvalue weighted by molar-refractivity contribution is 0.0794. The number of rotatable bonds is 3. The van der Waals surface area contributed by atoms with Crippen LogP contribution >= 0.6 is 0 Å². The molecule has 100 valence electrons. The van der Waals surface area contributed by atoms with Gasteiger partial charge in [-0.05, 0) is 31.4 Å². The lowest BCUT2D eigenvalue weighted by Gasteiger charge is -2.14. The van der Waals surface area contributed by atoms with Crippen molar-refractivity contribution in [3.05, 3.63) is 30.1 Å². The first-order chi connectivity index (χ1) is 9.31. The van der Waals surface area contributed by atoms with E-state index in [9.17, 15) is 4.79 Å². The number of amides is 1. The van der Waals surface area contributed by atoms with Gasteiger partial charge in [-0.3, -0.25) is 4.79 Å². The zero-order valence-corrected chi connectivity index (χ0v) is 11.3. The van der Waals surface area contributed by atoms with E-state index < -0.39 is 0 Å². The monoisotopic (exact) mass is 257 g/mol. The van der Waals surface area contributed by atoms with Crippen molar-refractivity contribution in [1.82, 2.24) is 14.5 Å². The van der Waals surface area contributed by atoms with Crippen LogP contribution in [0.3, 0.4) is 0 Å². The van der Waals surface area contributed by atoms with E-state index in [4.69, 9.17) is 0 Å². The molecule has 1 amide bonds. The van der Waals surface area contributed by atoms with Gasteiger partial charge in [-0.2, -0.15) is 0 Å². The van der Waals surface area contributed by atoms with E-state index in [1.165, 1.54) is 0 Å². The van der Waals surface area contributed by atoms with Crippen molar-refractivity contribution < 1.29 is 4.79 Å². The molecule has 3 rings (SSSR count). The summed E-state index contributed by atoms with van der Waals surface area (Å²) in [6.07, 6.45) is 7.05. The summed E-state index contributed by atoms with van der Waals surface area (Å²) < 4.78 is 2.10. The Balaban J connectivity index is 2.05. The summed E-state index contributed by atoms with van der Waals surface area (Å²) in [7, 11) is 0. The smallest absolute Gasteiger partial charge is 0.256 e. The van der Waals surface area contributed by atoms with Gasteiger partial charge in [0.25, 0.3) is 5.91 Å². The Bertz CT molecular complexity index is 596. The highest BCUT2D eigenvalue weighted by Crippen LogP contribution is 2.22. The van der Waals surface area contributed by atoms with Gasteiger partial charge in [-0.15, -0.1) is 0 Å². The number of nitrogens with zero attached hydrogens (tertiary/aromatic N) is 3. The molecule has 2 aromatic rings. The summed E-state index contributed by atoms with van der Waals surface area (Å²) in [5.41, 5.74) is 1.73. The first-order valence-corrected chi connectivity index (χ1v) is 7.04. The minimum atomic E-state index is 0.158. The highest BCUT2D eigenvalue weighted by molar-refractivity contribution is 6.06. The summed E-state index contributed by atoms with van der Waals surface area (Å²) in [5.74, 6) is 0.158. The molecule has 0 radical (unpaired) electrons. The van der Waals surface area contributed by atoms with Crippen molar-refractivity contribution in [1.29, 1.82) is 0 Å². The molecule has 4 nitrogen and oxygen atoms in total. The number of aryl methyl sites for hydroxylation is 1. The maximum Gasteiger partial charge on any atom is 0.256 e. The van der Waals surface area contributed by atoms with Crippen molar-refractivity contribution in [2.24, 2.45) is 0 Å². The van der Waals surface area contributed by atoms with E-state index in [0.29, 0.717) is 0 Å². The number of likely N-dealkylation sites (tertiary alicyclic amines) is 1. The van der Waals surface area contributed by atoms with Gasteiger partial charge in [0, 0.05) is 37.4 Å². The fourth-order valence-corrected chi connectivity index (χ4v) is 2.79. The largest absolute Gasteiger partial charge is 0.339 e. The molecule has 0 aliphatic carbocycles. The van der Waals surface area contributed by atoms with E-state index in [1.807, 2.05) is 23.2 Å². The highest BCUT2D eigenvalue weighted by Gasteiger charge is 2.23. The number of carbonyl (C=O) groups excluding carboxylic acids is 1. The van der Waals surface area contributed by atoms with Gasteiger partial charge in [-0.25, -0.2) is 4.98 Å². The Morgan fingerprint density at radius 1 is 1.37 bits per heavy atom. The van der Waals surface area contributed by atoms with E-state index >= 15 is 0 Å². The average molecular weight is 257 g/mol. The van der Waals surface area contributed by atoms with Crippen LogP contribution in [0.15, 0.2) is 24.5 Å². The van der Waals surface area contributed by atoms with Gasteiger partial charge in [0.05, 0.1) is 5.56 Å². The quantitative estimate of drug-likeness (QED) is 0.848. The first kappa shape index (κ1) is 12.2. The molecule has 1 fully saturated rings. The minimum Gasteiger partial charge on any atom is -0.339 e. The van der Waals surface area contributed by atoms with Gasteiger partial charge < -0.3 is 9.47 Å². The molecule has 0 atom stereocenters. The molecule has 4 heteroatoms. The van der Waals surface area contributed by atoms with Crippen LogP contribution < -0.4 is 0 Å². The summed E-state index contributed by atoms with van der Waals surface area (Å²) in [6.45, 7) is 4.82. The van der Waals surface area contributed by atoms with E-state index in [-0.39, 0.29) is 5.91 Å². The predicted molar refractivity (Wildman–Crippen MR) is 75.2 cm³/mol. The number of hydrogen-bond donors (Lipinski definition) is 0. The molecule has 1 aliphatic heterocycles. The molecule has 0 saturated carbocycles. The number of pyridine rings is 1. The zero-order chi connectivity index (χ0) is 13.2. The first-order valence-electron chi connectivity index (χ1n) is 7.04. The van der Waals surface area contributed by atoms with Crippen molar-refractivity contribution >= 4 is 16.9 Å². The standard InChI is InChI=1S/C15H19N3O/c1-2-8-18-11-13(12-6-5-7-16-14(12)18)15(19)17-9-3-4-10-17/h5-7,11H,2-4,8-10H2,1H3. The van der Waals surface area contributed by atoms with Gasteiger partial charge >= 0.3 is 0 Å². The molecule has 0 spiro atoms. The molecule has 1 aliphatic rings. The minimum absolute atomic E-state index is 0.158. The van der Waals surface area contributed by atoms with Crippen LogP contribution in [0.5, 0.6) is 0 Å². The van der Waals surface area contributed by atoms with Crippen molar-refractivity contribution in [2.75, 3.05) is 13.1 Å². The van der Waals surface area contributed by atoms with Gasteiger partial charge in [-0.1, -0.05) is 6.92 Å². The fourth-order valence-electron chi connectivity index (χ4n) is 2.79. The Kier molecular flexibility index (Phi) is 3.23. The van der Waals surface area contributed by atoms with Gasteiger partial charge in [0.15, 0.2) is 0 Å². The number of carbonyl (C=O) groups is 1. The number of aromatic nitrogens is 2. The third kappa shape index (κ3) is 2.11. The molecule has 0 N–H and O–H groups in total. The number of hydrogen-bond acceptors (Lipinski definition) is 2. The Morgan fingerprint density at radius 2 is 2.16 bits per heavy atom. The van der Waals surface area contributed by atoms with Crippen LogP contribution in [0.4, 0.5) is 0 Å². The second-order valence-corrected chi connectivity index (χ2v) is 5.11. The van der Waals surface area contributed by atoms with Crippen LogP contribution in [0, 0.1) is 0 Å². The summed E-state index contributed by atoms with van der Waals surface area (Å²) in [5, 5.41) is 0.979. The molecular weight excluding hydrogens is 238 g/mol. The van der Waals surface area contributed by atoms with Gasteiger partial charge in [0.1, 0.15) is 5.65 Å². The molecule has 0 aromatic carbocycles. The topological polar surface area (TPSA) is 38.1 Å². The highest BCUT2D eigenvalue weighted by atomic mass is 16.2. The summed E-state index contributed by atoms with van der Waals surface area (Å²) >= 11 is 0. The van der Waals surface area contributed by atoms with Crippen LogP contribution in [-0.4, -0.2) is 33.4 Å². The second-order valence-electron chi connectivity index (χ2n) is 5.11.